The standard InChI is InChI=1S/C19H11N3.C19H13N3/c1-3-9-15-12(6-1)13-7-5-11-17-18(13)22(15)19-20-14-8-2-4-10-16(14)21(17)19;1-2-8-14(9-3-1)21-17-12-6-7-13-18(17)22-16-11-5-4-10-15(16)20-19(21)22/h1-11H;1-13H. The molecule has 0 bridgehead atoms. The highest BCUT2D eigenvalue weighted by molar-refractivity contribution is 6.15. The van der Waals surface area contributed by atoms with E-state index >= 15 is 0 Å². The number of imidazole rings is 4. The molecule has 6 aromatic carbocycles. The lowest BCUT2D eigenvalue weighted by atomic mass is 10.1. The van der Waals surface area contributed by atoms with Crippen molar-refractivity contribution in [2.45, 2.75) is 0 Å². The van der Waals surface area contributed by atoms with Crippen molar-refractivity contribution < 1.29 is 0 Å². The van der Waals surface area contributed by atoms with E-state index in [0.717, 1.165) is 39.3 Å². The fraction of sp³-hybridized carbons (Fsp3) is 0. The Labute approximate surface area is 250 Å². The minimum atomic E-state index is 0.952. The maximum Gasteiger partial charge on any atom is 0.220 e. The van der Waals surface area contributed by atoms with Gasteiger partial charge in [0.25, 0.3) is 0 Å². The molecule has 206 valence electrons. The van der Waals surface area contributed by atoms with Crippen LogP contribution < -0.4 is 0 Å². The largest absolute Gasteiger partial charge is 0.278 e. The Kier molecular flexibility index (Phi) is 4.63. The number of nitrogens with zero attached hydrogens (tertiary/aromatic N) is 6. The molecule has 0 aliphatic carbocycles. The van der Waals surface area contributed by atoms with Crippen molar-refractivity contribution in [3.63, 3.8) is 0 Å². The molecular weight excluding hydrogens is 540 g/mol. The lowest BCUT2D eigenvalue weighted by Crippen LogP contribution is -1.94. The van der Waals surface area contributed by atoms with E-state index in [9.17, 15) is 0 Å². The van der Waals surface area contributed by atoms with Gasteiger partial charge in [0.15, 0.2) is 0 Å². The Morgan fingerprint density at radius 2 is 0.864 bits per heavy atom. The van der Waals surface area contributed by atoms with E-state index in [1.165, 1.54) is 38.4 Å². The minimum Gasteiger partial charge on any atom is -0.278 e. The van der Waals surface area contributed by atoms with Gasteiger partial charge in [0, 0.05) is 16.5 Å². The van der Waals surface area contributed by atoms with Gasteiger partial charge in [-0.05, 0) is 60.7 Å². The fourth-order valence-electron chi connectivity index (χ4n) is 6.97. The summed E-state index contributed by atoms with van der Waals surface area (Å²) in [5.74, 6) is 1.95. The van der Waals surface area contributed by atoms with Gasteiger partial charge in [0.1, 0.15) is 0 Å². The van der Waals surface area contributed by atoms with Crippen molar-refractivity contribution in [2.75, 3.05) is 0 Å². The van der Waals surface area contributed by atoms with Gasteiger partial charge in [-0.1, -0.05) is 84.9 Å². The first-order valence-corrected chi connectivity index (χ1v) is 14.8. The Hall–Kier alpha value is -6.14. The first kappa shape index (κ1) is 23.4. The summed E-state index contributed by atoms with van der Waals surface area (Å²) in [5.41, 5.74) is 11.5. The van der Waals surface area contributed by atoms with Crippen LogP contribution in [-0.4, -0.2) is 27.7 Å². The van der Waals surface area contributed by atoms with E-state index < -0.39 is 0 Å². The van der Waals surface area contributed by atoms with E-state index in [-0.39, 0.29) is 0 Å². The fourth-order valence-corrected chi connectivity index (χ4v) is 6.97. The number of fused-ring (bicyclic) bond motifs is 13. The quantitative estimate of drug-likeness (QED) is 0.200. The third-order valence-corrected chi connectivity index (χ3v) is 8.78. The molecule has 0 amide bonds. The van der Waals surface area contributed by atoms with Gasteiger partial charge < -0.3 is 0 Å². The molecule has 0 aliphatic heterocycles. The summed E-state index contributed by atoms with van der Waals surface area (Å²) in [6.45, 7) is 0. The molecule has 11 rings (SSSR count). The summed E-state index contributed by atoms with van der Waals surface area (Å²) < 4.78 is 9.01. The minimum absolute atomic E-state index is 0.952. The second-order valence-electron chi connectivity index (χ2n) is 11.2. The molecule has 5 aromatic heterocycles. The summed E-state index contributed by atoms with van der Waals surface area (Å²) in [4.78, 5) is 9.74. The maximum atomic E-state index is 4.88. The van der Waals surface area contributed by atoms with Crippen molar-refractivity contribution in [3.8, 4) is 5.69 Å². The molecular formula is C38H24N6. The first-order chi connectivity index (χ1) is 21.9. The summed E-state index contributed by atoms with van der Waals surface area (Å²) in [7, 11) is 0. The van der Waals surface area contributed by atoms with E-state index in [1.807, 2.05) is 18.2 Å². The monoisotopic (exact) mass is 564 g/mol. The number of aromatic nitrogens is 6. The van der Waals surface area contributed by atoms with Gasteiger partial charge in [-0.3, -0.25) is 17.8 Å². The molecule has 0 N–H and O–H groups in total. The molecule has 0 radical (unpaired) electrons. The maximum absolute atomic E-state index is 4.88. The number of hydrogen-bond donors (Lipinski definition) is 0. The smallest absolute Gasteiger partial charge is 0.220 e. The molecule has 0 spiro atoms. The topological polar surface area (TPSA) is 43.9 Å². The molecule has 0 saturated heterocycles. The van der Waals surface area contributed by atoms with E-state index in [1.54, 1.807) is 0 Å². The number of rotatable bonds is 1. The first-order valence-electron chi connectivity index (χ1n) is 14.8. The summed E-state index contributed by atoms with van der Waals surface area (Å²) in [5, 5.41) is 2.58. The van der Waals surface area contributed by atoms with Crippen LogP contribution in [0.5, 0.6) is 0 Å². The summed E-state index contributed by atoms with van der Waals surface area (Å²) >= 11 is 0. The normalized spacial score (nSPS) is 12.1. The highest BCUT2D eigenvalue weighted by Gasteiger charge is 2.20. The van der Waals surface area contributed by atoms with Gasteiger partial charge in [0.2, 0.25) is 11.6 Å². The van der Waals surface area contributed by atoms with Gasteiger partial charge in [-0.25, -0.2) is 9.97 Å². The van der Waals surface area contributed by atoms with Crippen LogP contribution in [0.25, 0.3) is 77.7 Å². The average Bonchev–Trinajstić information content (AvgIpc) is 3.87. The molecule has 0 aliphatic rings. The van der Waals surface area contributed by atoms with Gasteiger partial charge in [-0.2, -0.15) is 0 Å². The van der Waals surface area contributed by atoms with Crippen LogP contribution in [0.2, 0.25) is 0 Å². The predicted molar refractivity (Wildman–Crippen MR) is 179 cm³/mol. The van der Waals surface area contributed by atoms with Crippen molar-refractivity contribution >= 4 is 72.0 Å². The third kappa shape index (κ3) is 3.03. The lowest BCUT2D eigenvalue weighted by molar-refractivity contribution is 1.11. The Balaban J connectivity index is 0.000000116. The Bertz CT molecular complexity index is 2820. The Morgan fingerprint density at radius 1 is 0.341 bits per heavy atom. The lowest BCUT2D eigenvalue weighted by Gasteiger charge is -2.04. The average molecular weight is 565 g/mol. The number of para-hydroxylation sites is 9. The van der Waals surface area contributed by atoms with E-state index in [0.29, 0.717) is 0 Å². The zero-order chi connectivity index (χ0) is 28.8. The van der Waals surface area contributed by atoms with Crippen LogP contribution in [0, 0.1) is 0 Å². The highest BCUT2D eigenvalue weighted by Crippen LogP contribution is 2.36. The van der Waals surface area contributed by atoms with Crippen LogP contribution in [-0.2, 0) is 0 Å². The molecule has 0 unspecified atom stereocenters. The summed E-state index contributed by atoms with van der Waals surface area (Å²) in [6.07, 6.45) is 0. The molecule has 6 nitrogen and oxygen atoms in total. The molecule has 0 fully saturated rings. The predicted octanol–water partition coefficient (Wildman–Crippen LogP) is 8.92. The van der Waals surface area contributed by atoms with Crippen LogP contribution >= 0.6 is 0 Å². The Morgan fingerprint density at radius 3 is 1.61 bits per heavy atom. The molecule has 6 heteroatoms. The molecule has 0 saturated carbocycles. The zero-order valence-electron chi connectivity index (χ0n) is 23.5. The van der Waals surface area contributed by atoms with Gasteiger partial charge >= 0.3 is 0 Å². The molecule has 5 heterocycles. The SMILES string of the molecule is c1ccc(-n2c3ccccc3n3c4ccccc4nc23)cc1.c1ccc2c(c1)nc1n2c2cccc3c4ccccc4n1c32. The second-order valence-corrected chi connectivity index (χ2v) is 11.2. The van der Waals surface area contributed by atoms with Crippen molar-refractivity contribution in [1.29, 1.82) is 0 Å². The third-order valence-electron chi connectivity index (χ3n) is 8.78. The zero-order valence-corrected chi connectivity index (χ0v) is 23.5. The van der Waals surface area contributed by atoms with Crippen LogP contribution in [0.1, 0.15) is 0 Å². The van der Waals surface area contributed by atoms with E-state index in [2.05, 4.69) is 145 Å². The van der Waals surface area contributed by atoms with Crippen molar-refractivity contribution in [2.24, 2.45) is 0 Å². The molecule has 44 heavy (non-hydrogen) atoms. The number of hydrogen-bond acceptors (Lipinski definition) is 2. The summed E-state index contributed by atoms with van der Waals surface area (Å²) in [6, 6.07) is 50.5. The number of benzene rings is 6. The molecule has 0 atom stereocenters. The second kappa shape index (κ2) is 8.69. The van der Waals surface area contributed by atoms with Crippen LogP contribution in [0.3, 0.4) is 0 Å². The van der Waals surface area contributed by atoms with Crippen molar-refractivity contribution in [1.82, 2.24) is 27.7 Å². The highest BCUT2D eigenvalue weighted by atomic mass is 15.2. The van der Waals surface area contributed by atoms with Crippen LogP contribution in [0.15, 0.2) is 146 Å². The van der Waals surface area contributed by atoms with E-state index in [4.69, 9.17) is 9.97 Å². The van der Waals surface area contributed by atoms with Crippen LogP contribution in [0.4, 0.5) is 0 Å². The van der Waals surface area contributed by atoms with Gasteiger partial charge in [-0.15, -0.1) is 0 Å². The van der Waals surface area contributed by atoms with Crippen molar-refractivity contribution in [3.05, 3.63) is 146 Å². The molecule has 11 aromatic rings. The van der Waals surface area contributed by atoms with Gasteiger partial charge in [0.05, 0.1) is 49.7 Å².